The Bertz CT molecular complexity index is 649. The van der Waals surface area contributed by atoms with Gasteiger partial charge in [0.25, 0.3) is 0 Å². The third-order valence-electron chi connectivity index (χ3n) is 2.39. The predicted molar refractivity (Wildman–Crippen MR) is 82.6 cm³/mol. The van der Waals surface area contributed by atoms with E-state index in [9.17, 15) is 4.79 Å². The zero-order valence-electron chi connectivity index (χ0n) is 10.1. The second kappa shape index (κ2) is 6.80. The van der Waals surface area contributed by atoms with Gasteiger partial charge in [-0.15, -0.1) is 0 Å². The summed E-state index contributed by atoms with van der Waals surface area (Å²) in [6.45, 7) is 0. The third-order valence-corrected chi connectivity index (χ3v) is 3.38. The van der Waals surface area contributed by atoms with E-state index >= 15 is 0 Å². The SMILES string of the molecule is O=C(/C=C/c1ccc(Cl)c(Cl)c1)Oc1ccc(Cl)cc1. The lowest BCUT2D eigenvalue weighted by Crippen LogP contribution is -2.03. The summed E-state index contributed by atoms with van der Waals surface area (Å²) < 4.78 is 5.10. The molecule has 20 heavy (non-hydrogen) atoms. The number of hydrogen-bond acceptors (Lipinski definition) is 2. The number of halogens is 3. The minimum Gasteiger partial charge on any atom is -0.423 e. The Hall–Kier alpha value is -1.48. The van der Waals surface area contributed by atoms with Crippen molar-refractivity contribution in [3.05, 3.63) is 69.2 Å². The molecule has 0 N–H and O–H groups in total. The van der Waals surface area contributed by atoms with E-state index in [1.165, 1.54) is 6.08 Å². The highest BCUT2D eigenvalue weighted by atomic mass is 35.5. The second-order valence-corrected chi connectivity index (χ2v) is 5.13. The van der Waals surface area contributed by atoms with Crippen molar-refractivity contribution in [3.8, 4) is 5.75 Å². The van der Waals surface area contributed by atoms with Crippen molar-refractivity contribution in [1.29, 1.82) is 0 Å². The maximum atomic E-state index is 11.6. The van der Waals surface area contributed by atoms with Gasteiger partial charge < -0.3 is 4.74 Å². The summed E-state index contributed by atoms with van der Waals surface area (Å²) in [6.07, 6.45) is 2.91. The Morgan fingerprint density at radius 3 is 2.30 bits per heavy atom. The van der Waals surface area contributed by atoms with Crippen molar-refractivity contribution in [1.82, 2.24) is 0 Å². The maximum Gasteiger partial charge on any atom is 0.336 e. The van der Waals surface area contributed by atoms with Gasteiger partial charge in [-0.1, -0.05) is 40.9 Å². The highest BCUT2D eigenvalue weighted by Crippen LogP contribution is 2.23. The van der Waals surface area contributed by atoms with Crippen LogP contribution >= 0.6 is 34.8 Å². The van der Waals surface area contributed by atoms with Crippen LogP contribution in [0.3, 0.4) is 0 Å². The molecule has 102 valence electrons. The summed E-state index contributed by atoms with van der Waals surface area (Å²) in [7, 11) is 0. The largest absolute Gasteiger partial charge is 0.423 e. The Kier molecular flexibility index (Phi) is 5.07. The van der Waals surface area contributed by atoms with Gasteiger partial charge >= 0.3 is 5.97 Å². The van der Waals surface area contributed by atoms with Crippen LogP contribution in [0, 0.1) is 0 Å². The Labute approximate surface area is 131 Å². The number of ether oxygens (including phenoxy) is 1. The van der Waals surface area contributed by atoms with Crippen molar-refractivity contribution in [3.63, 3.8) is 0 Å². The first kappa shape index (κ1) is 14.9. The van der Waals surface area contributed by atoms with E-state index < -0.39 is 5.97 Å². The van der Waals surface area contributed by atoms with Crippen LogP contribution in [-0.4, -0.2) is 5.97 Å². The third kappa shape index (κ3) is 4.27. The highest BCUT2D eigenvalue weighted by molar-refractivity contribution is 6.42. The number of benzene rings is 2. The van der Waals surface area contributed by atoms with E-state index in [2.05, 4.69) is 0 Å². The van der Waals surface area contributed by atoms with E-state index in [4.69, 9.17) is 39.5 Å². The molecule has 5 heteroatoms. The number of esters is 1. The van der Waals surface area contributed by atoms with Gasteiger partial charge in [0.15, 0.2) is 0 Å². The number of carbonyl (C=O) groups is 1. The number of carbonyl (C=O) groups excluding carboxylic acids is 1. The topological polar surface area (TPSA) is 26.3 Å². The molecule has 2 aromatic rings. The molecule has 2 rings (SSSR count). The smallest absolute Gasteiger partial charge is 0.336 e. The van der Waals surface area contributed by atoms with Crippen LogP contribution in [-0.2, 0) is 4.79 Å². The summed E-state index contributed by atoms with van der Waals surface area (Å²) in [5.41, 5.74) is 0.757. The summed E-state index contributed by atoms with van der Waals surface area (Å²) in [6, 6.07) is 11.6. The fourth-order valence-electron chi connectivity index (χ4n) is 1.43. The molecule has 2 nitrogen and oxygen atoms in total. The van der Waals surface area contributed by atoms with E-state index in [1.54, 1.807) is 48.5 Å². The van der Waals surface area contributed by atoms with Crippen LogP contribution in [0.4, 0.5) is 0 Å². The summed E-state index contributed by atoms with van der Waals surface area (Å²) in [4.78, 5) is 11.6. The van der Waals surface area contributed by atoms with Gasteiger partial charge in [0.2, 0.25) is 0 Å². The first-order valence-corrected chi connectivity index (χ1v) is 6.78. The summed E-state index contributed by atoms with van der Waals surface area (Å²) in [5.74, 6) is -0.0587. The number of hydrogen-bond donors (Lipinski definition) is 0. The molecule has 2 aromatic carbocycles. The fourth-order valence-corrected chi connectivity index (χ4v) is 1.87. The van der Waals surface area contributed by atoms with Gasteiger partial charge in [0.05, 0.1) is 10.0 Å². The van der Waals surface area contributed by atoms with Crippen molar-refractivity contribution in [2.75, 3.05) is 0 Å². The van der Waals surface area contributed by atoms with Crippen molar-refractivity contribution in [2.45, 2.75) is 0 Å². The molecular formula is C15H9Cl3O2. The van der Waals surface area contributed by atoms with E-state index in [0.29, 0.717) is 20.8 Å². The van der Waals surface area contributed by atoms with Gasteiger partial charge in [0.1, 0.15) is 5.75 Å². The normalized spacial score (nSPS) is 10.8. The Morgan fingerprint density at radius 1 is 0.950 bits per heavy atom. The van der Waals surface area contributed by atoms with Crippen LogP contribution in [0.1, 0.15) is 5.56 Å². The van der Waals surface area contributed by atoms with Gasteiger partial charge in [0, 0.05) is 11.1 Å². The molecule has 0 aliphatic rings. The molecule has 0 unspecified atom stereocenters. The van der Waals surface area contributed by atoms with Gasteiger partial charge in [-0.25, -0.2) is 4.79 Å². The molecule has 0 aliphatic heterocycles. The Morgan fingerprint density at radius 2 is 1.65 bits per heavy atom. The van der Waals surface area contributed by atoms with E-state index in [-0.39, 0.29) is 0 Å². The molecule has 0 atom stereocenters. The van der Waals surface area contributed by atoms with Crippen LogP contribution in [0.15, 0.2) is 48.5 Å². The standard InChI is InChI=1S/C15H9Cl3O2/c16-11-3-5-12(6-4-11)20-15(19)8-2-10-1-7-13(17)14(18)9-10/h1-9H/b8-2+. The number of rotatable bonds is 3. The average Bonchev–Trinajstić information content (AvgIpc) is 2.43. The minimum atomic E-state index is -0.488. The monoisotopic (exact) mass is 326 g/mol. The molecule has 0 amide bonds. The molecule has 0 fully saturated rings. The van der Waals surface area contributed by atoms with Crippen molar-refractivity contribution >= 4 is 46.8 Å². The van der Waals surface area contributed by atoms with Gasteiger partial charge in [-0.05, 0) is 48.0 Å². The Balaban J connectivity index is 2.01. The molecule has 0 aliphatic carbocycles. The van der Waals surface area contributed by atoms with Crippen molar-refractivity contribution < 1.29 is 9.53 Å². The van der Waals surface area contributed by atoms with Crippen LogP contribution < -0.4 is 4.74 Å². The first-order valence-electron chi connectivity index (χ1n) is 5.65. The van der Waals surface area contributed by atoms with Crippen LogP contribution in [0.2, 0.25) is 15.1 Å². The van der Waals surface area contributed by atoms with Gasteiger partial charge in [-0.2, -0.15) is 0 Å². The quantitative estimate of drug-likeness (QED) is 0.436. The molecule has 0 radical (unpaired) electrons. The van der Waals surface area contributed by atoms with E-state index in [0.717, 1.165) is 5.56 Å². The maximum absolute atomic E-state index is 11.6. The van der Waals surface area contributed by atoms with Crippen LogP contribution in [0.5, 0.6) is 5.75 Å². The molecule has 0 saturated carbocycles. The van der Waals surface area contributed by atoms with E-state index in [1.807, 2.05) is 0 Å². The zero-order chi connectivity index (χ0) is 14.5. The average molecular weight is 328 g/mol. The molecular weight excluding hydrogens is 319 g/mol. The van der Waals surface area contributed by atoms with Crippen LogP contribution in [0.25, 0.3) is 6.08 Å². The lowest BCUT2D eigenvalue weighted by atomic mass is 10.2. The predicted octanol–water partition coefficient (Wildman–Crippen LogP) is 5.27. The fraction of sp³-hybridized carbons (Fsp3) is 0. The zero-order valence-corrected chi connectivity index (χ0v) is 12.4. The highest BCUT2D eigenvalue weighted by Gasteiger charge is 2.01. The molecule has 0 aromatic heterocycles. The lowest BCUT2D eigenvalue weighted by molar-refractivity contribution is -0.128. The lowest BCUT2D eigenvalue weighted by Gasteiger charge is -2.01. The van der Waals surface area contributed by atoms with Crippen molar-refractivity contribution in [2.24, 2.45) is 0 Å². The molecule has 0 bridgehead atoms. The second-order valence-electron chi connectivity index (χ2n) is 3.88. The minimum absolute atomic E-state index is 0.429. The molecule has 0 saturated heterocycles. The summed E-state index contributed by atoms with van der Waals surface area (Å²) in [5, 5.41) is 1.48. The first-order chi connectivity index (χ1) is 9.54. The summed E-state index contributed by atoms with van der Waals surface area (Å²) >= 11 is 17.4. The molecule has 0 heterocycles. The van der Waals surface area contributed by atoms with Gasteiger partial charge in [-0.3, -0.25) is 0 Å². The molecule has 0 spiro atoms.